The molecule has 1 saturated heterocycles. The maximum Gasteiger partial charge on any atom is 0.410 e. The number of H-pyrrole nitrogens is 1. The molecule has 0 bridgehead atoms. The van der Waals surface area contributed by atoms with Crippen LogP contribution in [0.15, 0.2) is 36.4 Å². The van der Waals surface area contributed by atoms with E-state index in [9.17, 15) is 4.79 Å². The zero-order chi connectivity index (χ0) is 14.7. The Hall–Kier alpha value is -2.30. The Labute approximate surface area is 124 Å². The van der Waals surface area contributed by atoms with Crippen molar-refractivity contribution in [3.05, 3.63) is 36.4 Å². The summed E-state index contributed by atoms with van der Waals surface area (Å²) in [6.45, 7) is 5.27. The number of aromatic nitrogens is 1. The van der Waals surface area contributed by atoms with Gasteiger partial charge in [-0.1, -0.05) is 18.2 Å². The number of para-hydroxylation sites is 1. The van der Waals surface area contributed by atoms with Crippen molar-refractivity contribution in [3.8, 4) is 0 Å². The maximum atomic E-state index is 11.7. The number of nitrogens with one attached hydrogen (secondary N) is 1. The van der Waals surface area contributed by atoms with E-state index in [0.29, 0.717) is 19.7 Å². The summed E-state index contributed by atoms with van der Waals surface area (Å²) < 4.78 is 5.04. The molecule has 0 atom stereocenters. The summed E-state index contributed by atoms with van der Waals surface area (Å²) in [6.07, 6.45) is -0.209. The summed E-state index contributed by atoms with van der Waals surface area (Å²) >= 11 is 0. The van der Waals surface area contributed by atoms with Crippen LogP contribution in [0.1, 0.15) is 6.92 Å². The molecule has 2 heterocycles. The van der Waals surface area contributed by atoms with Crippen LogP contribution >= 0.6 is 0 Å². The van der Waals surface area contributed by atoms with Crippen LogP contribution in [-0.2, 0) is 4.74 Å². The van der Waals surface area contributed by atoms with Gasteiger partial charge in [-0.15, -0.1) is 0 Å². The number of hydrogen-bond acceptors (Lipinski definition) is 3. The second-order valence-corrected chi connectivity index (χ2v) is 5.10. The number of amides is 1. The SMILES string of the molecule is CCOC(=O)N1CCN(c2ccc3ccccc3[nH+]2)CC1. The number of aromatic amines is 1. The summed E-state index contributed by atoms with van der Waals surface area (Å²) in [5.41, 5.74) is 1.13. The Morgan fingerprint density at radius 2 is 1.90 bits per heavy atom. The van der Waals surface area contributed by atoms with Crippen molar-refractivity contribution in [2.24, 2.45) is 0 Å². The molecule has 1 aromatic heterocycles. The normalized spacial score (nSPS) is 15.3. The van der Waals surface area contributed by atoms with Gasteiger partial charge in [0, 0.05) is 11.5 Å². The molecule has 5 nitrogen and oxygen atoms in total. The minimum Gasteiger partial charge on any atom is -0.450 e. The number of carbonyl (C=O) groups is 1. The standard InChI is InChI=1S/C16H19N3O2/c1-2-21-16(20)19-11-9-18(10-12-19)15-8-7-13-5-3-4-6-14(13)17-15/h3-8H,2,9-12H2,1H3/p+1. The van der Waals surface area contributed by atoms with Gasteiger partial charge in [0.15, 0.2) is 0 Å². The van der Waals surface area contributed by atoms with Crippen molar-refractivity contribution in [1.29, 1.82) is 0 Å². The second-order valence-electron chi connectivity index (χ2n) is 5.10. The molecule has 0 radical (unpaired) electrons. The van der Waals surface area contributed by atoms with Gasteiger partial charge < -0.3 is 9.64 Å². The Morgan fingerprint density at radius 3 is 2.67 bits per heavy atom. The fraction of sp³-hybridized carbons (Fsp3) is 0.375. The van der Waals surface area contributed by atoms with E-state index in [0.717, 1.165) is 24.4 Å². The minimum atomic E-state index is -0.209. The third-order valence-electron chi connectivity index (χ3n) is 3.79. The number of rotatable bonds is 2. The molecular formula is C16H20N3O2+. The number of anilines is 1. The topological polar surface area (TPSA) is 46.9 Å². The van der Waals surface area contributed by atoms with Gasteiger partial charge in [-0.3, -0.25) is 4.90 Å². The second kappa shape index (κ2) is 5.99. The molecule has 1 aromatic carbocycles. The van der Waals surface area contributed by atoms with Gasteiger partial charge in [-0.2, -0.15) is 0 Å². The molecule has 21 heavy (non-hydrogen) atoms. The van der Waals surface area contributed by atoms with E-state index in [1.165, 1.54) is 5.39 Å². The van der Waals surface area contributed by atoms with Crippen LogP contribution in [0.2, 0.25) is 0 Å². The lowest BCUT2D eigenvalue weighted by atomic mass is 10.2. The maximum absolute atomic E-state index is 11.7. The average molecular weight is 286 g/mol. The van der Waals surface area contributed by atoms with Crippen LogP contribution in [0.5, 0.6) is 0 Å². The Morgan fingerprint density at radius 1 is 1.14 bits per heavy atom. The minimum absolute atomic E-state index is 0.209. The predicted molar refractivity (Wildman–Crippen MR) is 81.3 cm³/mol. The molecule has 0 unspecified atom stereocenters. The summed E-state index contributed by atoms with van der Waals surface area (Å²) in [4.78, 5) is 19.2. The molecule has 5 heteroatoms. The number of pyridine rings is 1. The van der Waals surface area contributed by atoms with Crippen LogP contribution in [-0.4, -0.2) is 43.8 Å². The summed E-state index contributed by atoms with van der Waals surface area (Å²) in [5, 5.41) is 1.20. The number of piperazine rings is 1. The molecule has 1 aliphatic rings. The van der Waals surface area contributed by atoms with Crippen LogP contribution in [0.3, 0.4) is 0 Å². The van der Waals surface area contributed by atoms with Gasteiger partial charge >= 0.3 is 6.09 Å². The highest BCUT2D eigenvalue weighted by molar-refractivity contribution is 5.76. The third-order valence-corrected chi connectivity index (χ3v) is 3.79. The van der Waals surface area contributed by atoms with Gasteiger partial charge in [0.2, 0.25) is 0 Å². The van der Waals surface area contributed by atoms with Crippen molar-refractivity contribution in [2.75, 3.05) is 37.7 Å². The van der Waals surface area contributed by atoms with Crippen molar-refractivity contribution in [3.63, 3.8) is 0 Å². The first kappa shape index (κ1) is 13.7. The Balaban J connectivity index is 1.69. The fourth-order valence-corrected chi connectivity index (χ4v) is 2.63. The highest BCUT2D eigenvalue weighted by atomic mass is 16.6. The molecule has 2 aromatic rings. The number of hydrogen-bond donors (Lipinski definition) is 0. The molecule has 0 aliphatic carbocycles. The molecule has 0 spiro atoms. The van der Waals surface area contributed by atoms with Gasteiger partial charge in [0.05, 0.1) is 19.7 Å². The number of carbonyl (C=O) groups excluding carboxylic acids is 1. The number of nitrogens with zero attached hydrogens (tertiary/aromatic N) is 2. The lowest BCUT2D eigenvalue weighted by Gasteiger charge is -2.30. The van der Waals surface area contributed by atoms with Crippen LogP contribution in [0.4, 0.5) is 10.6 Å². The molecule has 1 fully saturated rings. The van der Waals surface area contributed by atoms with Crippen LogP contribution < -0.4 is 9.88 Å². The first-order valence-electron chi connectivity index (χ1n) is 7.35. The summed E-state index contributed by atoms with van der Waals surface area (Å²) in [7, 11) is 0. The summed E-state index contributed by atoms with van der Waals surface area (Å²) in [5.74, 6) is 1.09. The number of ether oxygens (including phenoxy) is 1. The fourth-order valence-electron chi connectivity index (χ4n) is 2.63. The van der Waals surface area contributed by atoms with E-state index < -0.39 is 0 Å². The molecule has 110 valence electrons. The van der Waals surface area contributed by atoms with Gasteiger partial charge in [-0.25, -0.2) is 9.78 Å². The monoisotopic (exact) mass is 286 g/mol. The largest absolute Gasteiger partial charge is 0.450 e. The van der Waals surface area contributed by atoms with Crippen molar-refractivity contribution in [1.82, 2.24) is 4.90 Å². The van der Waals surface area contributed by atoms with Gasteiger partial charge in [0.25, 0.3) is 5.82 Å². The van der Waals surface area contributed by atoms with E-state index in [1.807, 2.05) is 19.1 Å². The summed E-state index contributed by atoms with van der Waals surface area (Å²) in [6, 6.07) is 12.5. The Kier molecular flexibility index (Phi) is 3.90. The first-order chi connectivity index (χ1) is 10.3. The third kappa shape index (κ3) is 2.91. The number of fused-ring (bicyclic) bond motifs is 1. The quantitative estimate of drug-likeness (QED) is 0.847. The first-order valence-corrected chi connectivity index (χ1v) is 7.35. The highest BCUT2D eigenvalue weighted by Gasteiger charge is 2.26. The zero-order valence-corrected chi connectivity index (χ0v) is 12.2. The van der Waals surface area contributed by atoms with Crippen molar-refractivity contribution in [2.45, 2.75) is 6.92 Å². The van der Waals surface area contributed by atoms with Crippen LogP contribution in [0, 0.1) is 0 Å². The molecule has 1 amide bonds. The van der Waals surface area contributed by atoms with E-state index >= 15 is 0 Å². The van der Waals surface area contributed by atoms with E-state index in [2.05, 4.69) is 34.1 Å². The molecular weight excluding hydrogens is 266 g/mol. The van der Waals surface area contributed by atoms with Gasteiger partial charge in [-0.05, 0) is 19.1 Å². The van der Waals surface area contributed by atoms with E-state index in [1.54, 1.807) is 4.90 Å². The molecule has 1 aliphatic heterocycles. The Bertz CT molecular complexity index is 636. The molecule has 3 rings (SSSR count). The average Bonchev–Trinajstić information content (AvgIpc) is 2.55. The smallest absolute Gasteiger partial charge is 0.410 e. The van der Waals surface area contributed by atoms with Crippen LogP contribution in [0.25, 0.3) is 10.9 Å². The highest BCUT2D eigenvalue weighted by Crippen LogP contribution is 2.15. The predicted octanol–water partition coefficient (Wildman–Crippen LogP) is 1.93. The van der Waals surface area contributed by atoms with E-state index in [-0.39, 0.29) is 6.09 Å². The van der Waals surface area contributed by atoms with E-state index in [4.69, 9.17) is 4.74 Å². The molecule has 1 N–H and O–H groups in total. The lowest BCUT2D eigenvalue weighted by molar-refractivity contribution is -0.330. The van der Waals surface area contributed by atoms with Gasteiger partial charge in [0.1, 0.15) is 18.6 Å². The zero-order valence-electron chi connectivity index (χ0n) is 12.2. The van der Waals surface area contributed by atoms with Crippen molar-refractivity contribution < 1.29 is 14.5 Å². The van der Waals surface area contributed by atoms with Crippen molar-refractivity contribution >= 4 is 22.8 Å². The molecule has 0 saturated carbocycles. The number of benzene rings is 1. The lowest BCUT2D eigenvalue weighted by Crippen LogP contribution is -2.50.